The van der Waals surface area contributed by atoms with E-state index in [1.807, 2.05) is 0 Å². The SMILES string of the molecule is O=C1C(c2ccc(C(F)(F)F)cc2C(F)(F)F)CCc2cc(F)ccc2N1CC#Cc1cccnn1. The maximum Gasteiger partial charge on any atom is 0.416 e. The molecule has 1 aliphatic heterocycles. The zero-order valence-electron chi connectivity index (χ0n) is 18.3. The second-order valence-electron chi connectivity index (χ2n) is 8.00. The maximum absolute atomic E-state index is 13.9. The molecule has 4 rings (SSSR count). The molecule has 3 aromatic rings. The number of halogens is 7. The average Bonchev–Trinajstić information content (AvgIpc) is 2.94. The molecule has 1 aliphatic rings. The predicted molar refractivity (Wildman–Crippen MR) is 115 cm³/mol. The standard InChI is InChI=1S/C25H16F7N3O/c26-17-7-10-22-15(13-17)5-8-20(23(36)35(22)12-2-4-18-3-1-11-33-34-18)19-9-6-16(24(27,28)29)14-21(19)25(30,31)32/h1,3,6-7,9-11,13-14,20H,5,8,12H2. The fourth-order valence-electron chi connectivity index (χ4n) is 4.06. The summed E-state index contributed by atoms with van der Waals surface area (Å²) in [5.41, 5.74) is -2.68. The van der Waals surface area contributed by atoms with Gasteiger partial charge in [0.1, 0.15) is 11.5 Å². The number of alkyl halides is 6. The number of aromatic nitrogens is 2. The fraction of sp³-hybridized carbons (Fsp3) is 0.240. The minimum Gasteiger partial charge on any atom is -0.300 e. The van der Waals surface area contributed by atoms with Gasteiger partial charge in [-0.2, -0.15) is 31.4 Å². The highest BCUT2D eigenvalue weighted by molar-refractivity contribution is 6.00. The number of carbonyl (C=O) groups is 1. The van der Waals surface area contributed by atoms with E-state index in [-0.39, 0.29) is 36.8 Å². The normalized spacial score (nSPS) is 16.1. The molecule has 0 saturated heterocycles. The molecular weight excluding hydrogens is 491 g/mol. The Labute approximate surface area is 200 Å². The summed E-state index contributed by atoms with van der Waals surface area (Å²) in [7, 11) is 0. The molecule has 1 atom stereocenters. The van der Waals surface area contributed by atoms with Gasteiger partial charge in [0.25, 0.3) is 0 Å². The van der Waals surface area contributed by atoms with Crippen molar-refractivity contribution in [3.8, 4) is 11.8 Å². The second-order valence-corrected chi connectivity index (χ2v) is 8.00. The van der Waals surface area contributed by atoms with Crippen LogP contribution in [0.3, 0.4) is 0 Å². The molecular formula is C25H16F7N3O. The molecule has 1 amide bonds. The Kier molecular flexibility index (Phi) is 6.71. The van der Waals surface area contributed by atoms with Crippen LogP contribution in [0.5, 0.6) is 0 Å². The molecule has 1 unspecified atom stereocenters. The average molecular weight is 507 g/mol. The van der Waals surface area contributed by atoms with Crippen molar-refractivity contribution in [3.05, 3.63) is 88.5 Å². The van der Waals surface area contributed by atoms with Gasteiger partial charge in [-0.25, -0.2) is 4.39 Å². The first kappa shape index (κ1) is 25.2. The number of benzene rings is 2. The number of aryl methyl sites for hydroxylation is 1. The predicted octanol–water partition coefficient (Wildman–Crippen LogP) is 5.77. The van der Waals surface area contributed by atoms with Crippen LogP contribution < -0.4 is 4.90 Å². The first-order chi connectivity index (χ1) is 16.9. The summed E-state index contributed by atoms with van der Waals surface area (Å²) in [6.07, 6.45) is -8.85. The minimum absolute atomic E-state index is 0.0124. The van der Waals surface area contributed by atoms with Crippen LogP contribution in [-0.2, 0) is 23.6 Å². The highest BCUT2D eigenvalue weighted by atomic mass is 19.4. The maximum atomic E-state index is 13.9. The molecule has 0 N–H and O–H groups in total. The van der Waals surface area contributed by atoms with E-state index in [1.165, 1.54) is 18.3 Å². The molecule has 0 spiro atoms. The summed E-state index contributed by atoms with van der Waals surface area (Å²) in [6.45, 7) is -0.271. The Morgan fingerprint density at radius 2 is 1.78 bits per heavy atom. The van der Waals surface area contributed by atoms with Crippen molar-refractivity contribution in [2.24, 2.45) is 0 Å². The molecule has 0 bridgehead atoms. The lowest BCUT2D eigenvalue weighted by atomic mass is 9.88. The van der Waals surface area contributed by atoms with Gasteiger partial charge in [0.2, 0.25) is 5.91 Å². The van der Waals surface area contributed by atoms with Gasteiger partial charge in [0, 0.05) is 11.9 Å². The molecule has 186 valence electrons. The van der Waals surface area contributed by atoms with Crippen LogP contribution in [0.2, 0.25) is 0 Å². The molecule has 2 heterocycles. The summed E-state index contributed by atoms with van der Waals surface area (Å²) in [6, 6.07) is 7.98. The molecule has 4 nitrogen and oxygen atoms in total. The molecule has 1 aromatic heterocycles. The third kappa shape index (κ3) is 5.32. The molecule has 0 aliphatic carbocycles. The van der Waals surface area contributed by atoms with Crippen molar-refractivity contribution < 1.29 is 35.5 Å². The van der Waals surface area contributed by atoms with Crippen molar-refractivity contribution in [2.75, 3.05) is 11.4 Å². The van der Waals surface area contributed by atoms with E-state index in [0.717, 1.165) is 11.0 Å². The van der Waals surface area contributed by atoms with Crippen LogP contribution in [0.15, 0.2) is 54.7 Å². The fourth-order valence-corrected chi connectivity index (χ4v) is 4.06. The summed E-state index contributed by atoms with van der Waals surface area (Å²) in [4.78, 5) is 14.7. The highest BCUT2D eigenvalue weighted by Gasteiger charge is 2.42. The summed E-state index contributed by atoms with van der Waals surface area (Å²) < 4.78 is 94.8. The van der Waals surface area contributed by atoms with Gasteiger partial charge in [-0.1, -0.05) is 12.0 Å². The number of nitrogens with zero attached hydrogens (tertiary/aromatic N) is 3. The van der Waals surface area contributed by atoms with Gasteiger partial charge in [0.05, 0.1) is 23.6 Å². The number of rotatable bonds is 2. The molecule has 0 saturated carbocycles. The van der Waals surface area contributed by atoms with Gasteiger partial charge < -0.3 is 0 Å². The van der Waals surface area contributed by atoms with Crippen LogP contribution in [0.25, 0.3) is 0 Å². The van der Waals surface area contributed by atoms with Crippen LogP contribution in [0.1, 0.15) is 40.3 Å². The largest absolute Gasteiger partial charge is 0.416 e. The molecule has 0 radical (unpaired) electrons. The van der Waals surface area contributed by atoms with Gasteiger partial charge >= 0.3 is 12.4 Å². The van der Waals surface area contributed by atoms with Crippen molar-refractivity contribution in [2.45, 2.75) is 31.1 Å². The van der Waals surface area contributed by atoms with Gasteiger partial charge in [-0.3, -0.25) is 9.69 Å². The Balaban J connectivity index is 1.78. The number of anilines is 1. The Morgan fingerprint density at radius 3 is 2.44 bits per heavy atom. The Bertz CT molecular complexity index is 1340. The van der Waals surface area contributed by atoms with E-state index in [2.05, 4.69) is 22.0 Å². The van der Waals surface area contributed by atoms with Crippen molar-refractivity contribution in [3.63, 3.8) is 0 Å². The topological polar surface area (TPSA) is 46.1 Å². The third-order valence-corrected chi connectivity index (χ3v) is 5.69. The third-order valence-electron chi connectivity index (χ3n) is 5.69. The lowest BCUT2D eigenvalue weighted by Gasteiger charge is -2.26. The number of hydrogen-bond donors (Lipinski definition) is 0. The van der Waals surface area contributed by atoms with Crippen molar-refractivity contribution >= 4 is 11.6 Å². The van der Waals surface area contributed by atoms with Gasteiger partial charge in [-0.15, -0.1) is 5.10 Å². The van der Waals surface area contributed by atoms with E-state index >= 15 is 0 Å². The van der Waals surface area contributed by atoms with E-state index in [0.29, 0.717) is 17.7 Å². The number of hydrogen-bond acceptors (Lipinski definition) is 3. The first-order valence-corrected chi connectivity index (χ1v) is 10.6. The zero-order valence-corrected chi connectivity index (χ0v) is 18.3. The van der Waals surface area contributed by atoms with Gasteiger partial charge in [0.15, 0.2) is 0 Å². The second kappa shape index (κ2) is 9.60. The lowest BCUT2D eigenvalue weighted by Crippen LogP contribution is -2.35. The highest BCUT2D eigenvalue weighted by Crippen LogP contribution is 2.42. The minimum atomic E-state index is -5.14. The van der Waals surface area contributed by atoms with E-state index in [9.17, 15) is 35.5 Å². The first-order valence-electron chi connectivity index (χ1n) is 10.6. The molecule has 2 aromatic carbocycles. The quantitative estimate of drug-likeness (QED) is 0.327. The molecule has 0 fully saturated rings. The van der Waals surface area contributed by atoms with Gasteiger partial charge in [-0.05, 0) is 72.4 Å². The van der Waals surface area contributed by atoms with Crippen molar-refractivity contribution in [1.29, 1.82) is 0 Å². The number of amides is 1. The smallest absolute Gasteiger partial charge is 0.300 e. The van der Waals surface area contributed by atoms with E-state index in [1.54, 1.807) is 12.1 Å². The van der Waals surface area contributed by atoms with E-state index in [4.69, 9.17) is 0 Å². The van der Waals surface area contributed by atoms with Crippen molar-refractivity contribution in [1.82, 2.24) is 10.2 Å². The number of fused-ring (bicyclic) bond motifs is 1. The molecule has 36 heavy (non-hydrogen) atoms. The Morgan fingerprint density at radius 1 is 1.00 bits per heavy atom. The monoisotopic (exact) mass is 507 g/mol. The van der Waals surface area contributed by atoms with Crippen LogP contribution >= 0.6 is 0 Å². The summed E-state index contributed by atoms with van der Waals surface area (Å²) in [5, 5.41) is 7.46. The van der Waals surface area contributed by atoms with Crippen LogP contribution in [0.4, 0.5) is 36.4 Å². The van der Waals surface area contributed by atoms with E-state index < -0.39 is 46.7 Å². The van der Waals surface area contributed by atoms with Crippen LogP contribution in [-0.4, -0.2) is 22.6 Å². The zero-order chi connectivity index (χ0) is 26.1. The lowest BCUT2D eigenvalue weighted by molar-refractivity contribution is -0.143. The van der Waals surface area contributed by atoms with Crippen LogP contribution in [0, 0.1) is 17.7 Å². The Hall–Kier alpha value is -3.94. The molecule has 11 heteroatoms. The summed E-state index contributed by atoms with van der Waals surface area (Å²) in [5.74, 6) is 2.59. The summed E-state index contributed by atoms with van der Waals surface area (Å²) >= 11 is 0. The number of carbonyl (C=O) groups excluding carboxylic acids is 1.